The number of fused-ring (bicyclic) bond motifs is 1. The summed E-state index contributed by atoms with van der Waals surface area (Å²) in [7, 11) is 1.40. The first-order valence-corrected chi connectivity index (χ1v) is 9.19. The number of nitrogens with zero attached hydrogens (tertiary/aromatic N) is 3. The highest BCUT2D eigenvalue weighted by molar-refractivity contribution is 6.02. The van der Waals surface area contributed by atoms with E-state index < -0.39 is 11.8 Å². The van der Waals surface area contributed by atoms with Gasteiger partial charge in [-0.25, -0.2) is 18.9 Å². The monoisotopic (exact) mass is 385 g/mol. The second-order valence-electron chi connectivity index (χ2n) is 7.21. The molecule has 148 valence electrons. The Labute approximate surface area is 163 Å². The van der Waals surface area contributed by atoms with Crippen LogP contribution in [0.15, 0.2) is 30.5 Å². The summed E-state index contributed by atoms with van der Waals surface area (Å²) >= 11 is 0. The average Bonchev–Trinajstić information content (AvgIpc) is 3.09. The summed E-state index contributed by atoms with van der Waals surface area (Å²) in [5.41, 5.74) is 2.40. The van der Waals surface area contributed by atoms with Crippen LogP contribution in [0, 0.1) is 5.82 Å². The molecule has 0 aliphatic heterocycles. The van der Waals surface area contributed by atoms with Crippen molar-refractivity contribution in [3.63, 3.8) is 0 Å². The van der Waals surface area contributed by atoms with Crippen molar-refractivity contribution < 1.29 is 18.7 Å². The molecule has 0 saturated heterocycles. The van der Waals surface area contributed by atoms with E-state index in [0.717, 1.165) is 5.69 Å². The van der Waals surface area contributed by atoms with Crippen LogP contribution in [0.1, 0.15) is 61.3 Å². The fourth-order valence-electron chi connectivity index (χ4n) is 2.91. The number of aromatic nitrogens is 3. The molecule has 3 rings (SSSR count). The number of rotatable bonds is 6. The zero-order valence-corrected chi connectivity index (χ0v) is 16.7. The van der Waals surface area contributed by atoms with Crippen LogP contribution in [0.5, 0.6) is 5.75 Å². The Morgan fingerprint density at radius 1 is 1.21 bits per heavy atom. The molecule has 0 aliphatic carbocycles. The molecule has 0 bridgehead atoms. The fourth-order valence-corrected chi connectivity index (χ4v) is 2.91. The van der Waals surface area contributed by atoms with Crippen LogP contribution >= 0.6 is 0 Å². The minimum absolute atomic E-state index is 0.0428. The van der Waals surface area contributed by atoms with Crippen molar-refractivity contribution in [1.82, 2.24) is 14.8 Å². The minimum Gasteiger partial charge on any atom is -0.494 e. The molecular formula is C21H24FN3O3. The SMILES string of the molecule is COc1ccc(COC(=O)c2cc(C(C)C)nc3c2cnn3C(C)C)cc1F. The first-order chi connectivity index (χ1) is 13.3. The molecule has 0 spiro atoms. The second kappa shape index (κ2) is 7.96. The van der Waals surface area contributed by atoms with Gasteiger partial charge in [0.05, 0.1) is 24.3 Å². The van der Waals surface area contributed by atoms with Crippen LogP contribution in [0.3, 0.4) is 0 Å². The molecule has 28 heavy (non-hydrogen) atoms. The van der Waals surface area contributed by atoms with E-state index in [1.165, 1.54) is 19.2 Å². The van der Waals surface area contributed by atoms with Crippen LogP contribution in [-0.2, 0) is 11.3 Å². The number of carbonyl (C=O) groups excluding carboxylic acids is 1. The summed E-state index contributed by atoms with van der Waals surface area (Å²) in [6.07, 6.45) is 1.64. The van der Waals surface area contributed by atoms with Crippen molar-refractivity contribution in [2.45, 2.75) is 46.3 Å². The smallest absolute Gasteiger partial charge is 0.339 e. The summed E-state index contributed by atoms with van der Waals surface area (Å²) < 4.78 is 26.0. The Morgan fingerprint density at radius 3 is 2.57 bits per heavy atom. The van der Waals surface area contributed by atoms with E-state index in [9.17, 15) is 9.18 Å². The normalized spacial score (nSPS) is 11.4. The van der Waals surface area contributed by atoms with Gasteiger partial charge in [0.2, 0.25) is 0 Å². The Bertz CT molecular complexity index is 1010. The molecule has 0 unspecified atom stereocenters. The average molecular weight is 385 g/mol. The van der Waals surface area contributed by atoms with Gasteiger partial charge < -0.3 is 9.47 Å². The van der Waals surface area contributed by atoms with Gasteiger partial charge in [0, 0.05) is 11.7 Å². The highest BCUT2D eigenvalue weighted by Gasteiger charge is 2.20. The maximum absolute atomic E-state index is 13.8. The maximum Gasteiger partial charge on any atom is 0.339 e. The first kappa shape index (κ1) is 19.8. The van der Waals surface area contributed by atoms with E-state index in [0.29, 0.717) is 22.2 Å². The largest absolute Gasteiger partial charge is 0.494 e. The molecule has 2 heterocycles. The maximum atomic E-state index is 13.8. The summed E-state index contributed by atoms with van der Waals surface area (Å²) in [5, 5.41) is 5.01. The van der Waals surface area contributed by atoms with Gasteiger partial charge in [-0.15, -0.1) is 0 Å². The summed E-state index contributed by atoms with van der Waals surface area (Å²) in [4.78, 5) is 17.5. The third kappa shape index (κ3) is 3.83. The van der Waals surface area contributed by atoms with E-state index in [1.807, 2.05) is 27.7 Å². The van der Waals surface area contributed by atoms with Gasteiger partial charge >= 0.3 is 5.97 Å². The molecule has 0 amide bonds. The van der Waals surface area contributed by atoms with Crippen LogP contribution in [0.2, 0.25) is 0 Å². The van der Waals surface area contributed by atoms with Crippen molar-refractivity contribution in [2.24, 2.45) is 0 Å². The lowest BCUT2D eigenvalue weighted by Gasteiger charge is -2.12. The third-order valence-electron chi connectivity index (χ3n) is 4.47. The zero-order chi connectivity index (χ0) is 20.4. The minimum atomic E-state index is -0.498. The highest BCUT2D eigenvalue weighted by atomic mass is 19.1. The van der Waals surface area contributed by atoms with E-state index in [4.69, 9.17) is 9.47 Å². The van der Waals surface area contributed by atoms with E-state index in [2.05, 4.69) is 10.1 Å². The Morgan fingerprint density at radius 2 is 1.96 bits per heavy atom. The topological polar surface area (TPSA) is 66.2 Å². The van der Waals surface area contributed by atoms with Gasteiger partial charge in [-0.3, -0.25) is 0 Å². The van der Waals surface area contributed by atoms with Gasteiger partial charge in [-0.2, -0.15) is 5.10 Å². The number of hydrogen-bond donors (Lipinski definition) is 0. The molecule has 0 radical (unpaired) electrons. The highest BCUT2D eigenvalue weighted by Crippen LogP contribution is 2.25. The summed E-state index contributed by atoms with van der Waals surface area (Å²) in [5.74, 6) is -0.702. The van der Waals surface area contributed by atoms with Gasteiger partial charge in [-0.1, -0.05) is 19.9 Å². The quantitative estimate of drug-likeness (QED) is 0.578. The Balaban J connectivity index is 1.91. The Kier molecular flexibility index (Phi) is 5.63. The number of carbonyl (C=O) groups is 1. The molecule has 7 heteroatoms. The number of methoxy groups -OCH3 is 1. The summed E-state index contributed by atoms with van der Waals surface area (Å²) in [6, 6.07) is 6.32. The van der Waals surface area contributed by atoms with Crippen LogP contribution in [0.25, 0.3) is 11.0 Å². The number of ether oxygens (including phenoxy) is 2. The number of hydrogen-bond acceptors (Lipinski definition) is 5. The van der Waals surface area contributed by atoms with Crippen molar-refractivity contribution in [2.75, 3.05) is 7.11 Å². The van der Waals surface area contributed by atoms with Gasteiger partial charge in [0.15, 0.2) is 17.2 Å². The summed E-state index contributed by atoms with van der Waals surface area (Å²) in [6.45, 7) is 8.00. The number of esters is 1. The molecule has 1 aromatic carbocycles. The second-order valence-corrected chi connectivity index (χ2v) is 7.21. The van der Waals surface area contributed by atoms with Gasteiger partial charge in [0.1, 0.15) is 6.61 Å². The molecule has 0 aliphatic rings. The fraction of sp³-hybridized carbons (Fsp3) is 0.381. The molecule has 3 aromatic rings. The van der Waals surface area contributed by atoms with Gasteiger partial charge in [0.25, 0.3) is 0 Å². The first-order valence-electron chi connectivity index (χ1n) is 9.19. The molecular weight excluding hydrogens is 361 g/mol. The van der Waals surface area contributed by atoms with E-state index >= 15 is 0 Å². The van der Waals surface area contributed by atoms with Gasteiger partial charge in [-0.05, 0) is 43.5 Å². The van der Waals surface area contributed by atoms with E-state index in [-0.39, 0.29) is 24.3 Å². The number of halogens is 1. The lowest BCUT2D eigenvalue weighted by atomic mass is 10.1. The van der Waals surface area contributed by atoms with Crippen LogP contribution in [0.4, 0.5) is 4.39 Å². The third-order valence-corrected chi connectivity index (χ3v) is 4.47. The number of benzene rings is 1. The predicted molar refractivity (Wildman–Crippen MR) is 104 cm³/mol. The number of pyridine rings is 1. The molecule has 0 N–H and O–H groups in total. The van der Waals surface area contributed by atoms with Crippen molar-refractivity contribution in [1.29, 1.82) is 0 Å². The Hall–Kier alpha value is -2.96. The van der Waals surface area contributed by atoms with Crippen molar-refractivity contribution >= 4 is 17.0 Å². The molecule has 0 fully saturated rings. The van der Waals surface area contributed by atoms with Crippen LogP contribution in [-0.4, -0.2) is 27.8 Å². The molecule has 0 saturated carbocycles. The predicted octanol–water partition coefficient (Wildman–Crippen LogP) is 4.64. The lowest BCUT2D eigenvalue weighted by molar-refractivity contribution is 0.0474. The molecule has 2 aromatic heterocycles. The van der Waals surface area contributed by atoms with Crippen LogP contribution < -0.4 is 4.74 Å². The van der Waals surface area contributed by atoms with E-state index in [1.54, 1.807) is 23.0 Å². The molecule has 6 nitrogen and oxygen atoms in total. The zero-order valence-electron chi connectivity index (χ0n) is 16.7. The van der Waals surface area contributed by atoms with Crippen molar-refractivity contribution in [3.8, 4) is 5.75 Å². The standard InChI is InChI=1S/C21H24FN3O3/c1-12(2)18-9-15(16-10-23-25(13(3)4)20(16)24-18)21(26)28-11-14-6-7-19(27-5)17(22)8-14/h6-10,12-13H,11H2,1-5H3. The van der Waals surface area contributed by atoms with Crippen molar-refractivity contribution in [3.05, 3.63) is 53.1 Å². The molecule has 0 atom stereocenters. The lowest BCUT2D eigenvalue weighted by Crippen LogP contribution is -2.10.